The number of rotatable bonds is 3. The molecule has 0 N–H and O–H groups in total. The molecule has 0 unspecified atom stereocenters. The van der Waals surface area contributed by atoms with Crippen LogP contribution in [0.1, 0.15) is 5.56 Å². The van der Waals surface area contributed by atoms with Crippen LogP contribution in [0.2, 0.25) is 0 Å². The summed E-state index contributed by atoms with van der Waals surface area (Å²) in [7, 11) is 0. The molecule has 0 spiro atoms. The first kappa shape index (κ1) is 11.5. The van der Waals surface area contributed by atoms with Crippen LogP contribution in [0.5, 0.6) is 0 Å². The fourth-order valence-electron chi connectivity index (χ4n) is 1.15. The summed E-state index contributed by atoms with van der Waals surface area (Å²) >= 11 is 4.69. The smallest absolute Gasteiger partial charge is 0.128 e. The third kappa shape index (κ3) is 3.02. The van der Waals surface area contributed by atoms with E-state index in [1.54, 1.807) is 24.7 Å². The maximum atomic E-state index is 13.5. The fourth-order valence-corrected chi connectivity index (χ4v) is 2.29. The Morgan fingerprint density at radius 3 is 2.88 bits per heavy atom. The molecule has 0 saturated carbocycles. The lowest BCUT2D eigenvalue weighted by atomic mass is 10.2. The Morgan fingerprint density at radius 2 is 2.19 bits per heavy atom. The van der Waals surface area contributed by atoms with Gasteiger partial charge >= 0.3 is 0 Å². The highest BCUT2D eigenvalue weighted by Crippen LogP contribution is 2.23. The lowest BCUT2D eigenvalue weighted by Crippen LogP contribution is -1.88. The van der Waals surface area contributed by atoms with Crippen LogP contribution in [0, 0.1) is 5.82 Å². The van der Waals surface area contributed by atoms with Gasteiger partial charge in [-0.1, -0.05) is 33.8 Å². The maximum absolute atomic E-state index is 13.5. The van der Waals surface area contributed by atoms with E-state index in [-0.39, 0.29) is 5.82 Å². The molecular weight excluding hydrogens is 291 g/mol. The van der Waals surface area contributed by atoms with Crippen LogP contribution in [-0.2, 0) is 5.75 Å². The number of nitrogens with zero attached hydrogens (tertiary/aromatic N) is 2. The molecule has 5 heteroatoms. The average molecular weight is 299 g/mol. The molecule has 1 aromatic heterocycles. The molecule has 0 atom stereocenters. The number of halogens is 2. The van der Waals surface area contributed by atoms with Crippen molar-refractivity contribution in [2.45, 2.75) is 10.8 Å². The predicted octanol–water partition coefficient (Wildman–Crippen LogP) is 3.67. The van der Waals surface area contributed by atoms with Crippen molar-refractivity contribution in [3.63, 3.8) is 0 Å². The molecule has 16 heavy (non-hydrogen) atoms. The van der Waals surface area contributed by atoms with Crippen molar-refractivity contribution < 1.29 is 4.39 Å². The summed E-state index contributed by atoms with van der Waals surface area (Å²) in [6.45, 7) is 0. The van der Waals surface area contributed by atoms with Crippen molar-refractivity contribution >= 4 is 27.7 Å². The molecule has 0 amide bonds. The van der Waals surface area contributed by atoms with Crippen LogP contribution in [-0.4, -0.2) is 9.97 Å². The zero-order valence-electron chi connectivity index (χ0n) is 8.23. The Balaban J connectivity index is 2.05. The lowest BCUT2D eigenvalue weighted by molar-refractivity contribution is 0.616. The summed E-state index contributed by atoms with van der Waals surface area (Å²) in [4.78, 5) is 8.06. The number of aromatic nitrogens is 2. The van der Waals surface area contributed by atoms with Crippen LogP contribution in [0.25, 0.3) is 0 Å². The molecule has 0 radical (unpaired) electrons. The topological polar surface area (TPSA) is 25.8 Å². The van der Waals surface area contributed by atoms with Crippen LogP contribution >= 0.6 is 27.7 Å². The van der Waals surface area contributed by atoms with E-state index < -0.39 is 0 Å². The molecule has 2 aromatic rings. The van der Waals surface area contributed by atoms with Gasteiger partial charge in [0, 0.05) is 22.6 Å². The molecule has 0 saturated heterocycles. The van der Waals surface area contributed by atoms with E-state index in [1.165, 1.54) is 17.8 Å². The number of benzene rings is 1. The highest BCUT2D eigenvalue weighted by Gasteiger charge is 2.04. The van der Waals surface area contributed by atoms with E-state index in [4.69, 9.17) is 0 Å². The minimum atomic E-state index is -0.203. The normalized spacial score (nSPS) is 10.4. The van der Waals surface area contributed by atoms with Gasteiger partial charge in [0.1, 0.15) is 10.8 Å². The fraction of sp³-hybridized carbons (Fsp3) is 0.0909. The SMILES string of the molecule is Fc1cc(Br)ccc1CSc1cnccn1. The number of hydrogen-bond acceptors (Lipinski definition) is 3. The van der Waals surface area contributed by atoms with E-state index >= 15 is 0 Å². The molecular formula is C11H8BrFN2S. The van der Waals surface area contributed by atoms with Gasteiger partial charge in [-0.15, -0.1) is 0 Å². The van der Waals surface area contributed by atoms with Crippen LogP contribution in [0.3, 0.4) is 0 Å². The summed E-state index contributed by atoms with van der Waals surface area (Å²) in [5.74, 6) is 0.350. The van der Waals surface area contributed by atoms with Crippen molar-refractivity contribution in [1.82, 2.24) is 9.97 Å². The van der Waals surface area contributed by atoms with E-state index in [1.807, 2.05) is 6.07 Å². The van der Waals surface area contributed by atoms with Crippen molar-refractivity contribution in [3.8, 4) is 0 Å². The first-order valence-electron chi connectivity index (χ1n) is 4.58. The van der Waals surface area contributed by atoms with E-state index in [2.05, 4.69) is 25.9 Å². The van der Waals surface area contributed by atoms with Crippen LogP contribution in [0.4, 0.5) is 4.39 Å². The minimum Gasteiger partial charge on any atom is -0.260 e. The van der Waals surface area contributed by atoms with Crippen molar-refractivity contribution in [3.05, 3.63) is 52.6 Å². The van der Waals surface area contributed by atoms with E-state index in [0.29, 0.717) is 11.3 Å². The highest BCUT2D eigenvalue weighted by molar-refractivity contribution is 9.10. The van der Waals surface area contributed by atoms with Crippen molar-refractivity contribution in [2.75, 3.05) is 0 Å². The van der Waals surface area contributed by atoms with E-state index in [9.17, 15) is 4.39 Å². The second-order valence-electron chi connectivity index (χ2n) is 3.07. The van der Waals surface area contributed by atoms with Gasteiger partial charge in [0.25, 0.3) is 0 Å². The maximum Gasteiger partial charge on any atom is 0.128 e. The zero-order valence-corrected chi connectivity index (χ0v) is 10.6. The van der Waals surface area contributed by atoms with Crippen molar-refractivity contribution in [2.24, 2.45) is 0 Å². The predicted molar refractivity (Wildman–Crippen MR) is 65.7 cm³/mol. The first-order valence-corrected chi connectivity index (χ1v) is 6.36. The van der Waals surface area contributed by atoms with Crippen molar-refractivity contribution in [1.29, 1.82) is 0 Å². The Hall–Kier alpha value is -0.940. The molecule has 0 aliphatic rings. The van der Waals surface area contributed by atoms with Gasteiger partial charge in [-0.25, -0.2) is 9.37 Å². The van der Waals surface area contributed by atoms with Gasteiger partial charge in [-0.3, -0.25) is 4.98 Å². The van der Waals surface area contributed by atoms with Gasteiger partial charge in [0.05, 0.1) is 6.20 Å². The van der Waals surface area contributed by atoms with Crippen LogP contribution < -0.4 is 0 Å². The van der Waals surface area contributed by atoms with Gasteiger partial charge < -0.3 is 0 Å². The third-order valence-electron chi connectivity index (χ3n) is 1.93. The Bertz CT molecular complexity index is 479. The van der Waals surface area contributed by atoms with E-state index in [0.717, 1.165) is 9.50 Å². The molecule has 2 nitrogen and oxygen atoms in total. The first-order chi connectivity index (χ1) is 7.75. The quantitative estimate of drug-likeness (QED) is 0.809. The Kier molecular flexibility index (Phi) is 3.90. The summed E-state index contributed by atoms with van der Waals surface area (Å²) in [5, 5.41) is 0.796. The highest BCUT2D eigenvalue weighted by atomic mass is 79.9. The molecule has 2 rings (SSSR count). The summed E-state index contributed by atoms with van der Waals surface area (Å²) in [6.07, 6.45) is 4.91. The third-order valence-corrected chi connectivity index (χ3v) is 3.39. The van der Waals surface area contributed by atoms with Crippen LogP contribution in [0.15, 0.2) is 46.3 Å². The lowest BCUT2D eigenvalue weighted by Gasteiger charge is -2.02. The Morgan fingerprint density at radius 1 is 1.31 bits per heavy atom. The molecule has 0 aliphatic carbocycles. The van der Waals surface area contributed by atoms with Gasteiger partial charge in [0.15, 0.2) is 0 Å². The zero-order chi connectivity index (χ0) is 11.4. The molecule has 82 valence electrons. The summed E-state index contributed by atoms with van der Waals surface area (Å²) in [6, 6.07) is 5.06. The van der Waals surface area contributed by atoms with Gasteiger partial charge in [0.2, 0.25) is 0 Å². The summed E-state index contributed by atoms with van der Waals surface area (Å²) in [5.41, 5.74) is 0.666. The second kappa shape index (κ2) is 5.41. The summed E-state index contributed by atoms with van der Waals surface area (Å²) < 4.78 is 14.2. The van der Waals surface area contributed by atoms with Gasteiger partial charge in [-0.05, 0) is 17.7 Å². The molecule has 0 bridgehead atoms. The standard InChI is InChI=1S/C11H8BrFN2S/c12-9-2-1-8(10(13)5-9)7-16-11-6-14-3-4-15-11/h1-6H,7H2. The minimum absolute atomic E-state index is 0.203. The number of thioether (sulfide) groups is 1. The average Bonchev–Trinajstić information content (AvgIpc) is 2.29. The molecule has 1 aromatic carbocycles. The molecule has 1 heterocycles. The molecule has 0 fully saturated rings. The monoisotopic (exact) mass is 298 g/mol. The Labute approximate surface area is 105 Å². The van der Waals surface area contributed by atoms with Gasteiger partial charge in [-0.2, -0.15) is 0 Å². The molecule has 0 aliphatic heterocycles. The number of hydrogen-bond donors (Lipinski definition) is 0. The second-order valence-corrected chi connectivity index (χ2v) is 4.98. The largest absolute Gasteiger partial charge is 0.260 e.